The van der Waals surface area contributed by atoms with Crippen molar-refractivity contribution in [3.8, 4) is 5.88 Å². The molecule has 0 aliphatic carbocycles. The molecule has 29 heavy (non-hydrogen) atoms. The molecule has 0 spiro atoms. The van der Waals surface area contributed by atoms with E-state index in [1.54, 1.807) is 24.6 Å². The standard InChI is InChI=1S/C21H26N4O2S.HI/c1-3-11-27-20-16(8-6-10-23-20)13-24-21(22-2)25-14-17(26)19-12-15-7-4-5-9-18(15)28-19;/h4-10,12,17,26H,3,11,13-14H2,1-2H3,(H2,22,24,25);1H. The van der Waals surface area contributed by atoms with Gasteiger partial charge in [0.1, 0.15) is 6.10 Å². The van der Waals surface area contributed by atoms with Crippen molar-refractivity contribution in [3.05, 3.63) is 59.1 Å². The van der Waals surface area contributed by atoms with Crippen LogP contribution in [0.15, 0.2) is 53.7 Å². The lowest BCUT2D eigenvalue weighted by molar-refractivity contribution is 0.184. The molecule has 0 bridgehead atoms. The van der Waals surface area contributed by atoms with Crippen molar-refractivity contribution in [2.75, 3.05) is 20.2 Å². The van der Waals surface area contributed by atoms with E-state index in [-0.39, 0.29) is 24.0 Å². The lowest BCUT2D eigenvalue weighted by Crippen LogP contribution is -2.39. The van der Waals surface area contributed by atoms with Gasteiger partial charge >= 0.3 is 0 Å². The Bertz CT molecular complexity index is 899. The highest BCUT2D eigenvalue weighted by Crippen LogP contribution is 2.29. The minimum Gasteiger partial charge on any atom is -0.477 e. The summed E-state index contributed by atoms with van der Waals surface area (Å²) >= 11 is 1.61. The molecule has 0 aliphatic rings. The molecule has 0 saturated carbocycles. The normalized spacial score (nSPS) is 12.3. The lowest BCUT2D eigenvalue weighted by atomic mass is 10.2. The third-order valence-corrected chi connectivity index (χ3v) is 5.42. The zero-order chi connectivity index (χ0) is 19.8. The Morgan fingerprint density at radius 1 is 1.24 bits per heavy atom. The molecule has 2 heterocycles. The number of hydrogen-bond acceptors (Lipinski definition) is 5. The molecule has 156 valence electrons. The van der Waals surface area contributed by atoms with E-state index >= 15 is 0 Å². The minimum absolute atomic E-state index is 0. The summed E-state index contributed by atoms with van der Waals surface area (Å²) in [6.45, 7) is 3.61. The van der Waals surface area contributed by atoms with Gasteiger partial charge in [-0.25, -0.2) is 4.98 Å². The van der Waals surface area contributed by atoms with Gasteiger partial charge in [-0.3, -0.25) is 4.99 Å². The maximum atomic E-state index is 10.5. The molecule has 2 aromatic heterocycles. The summed E-state index contributed by atoms with van der Waals surface area (Å²) in [6, 6.07) is 14.0. The number of benzene rings is 1. The lowest BCUT2D eigenvalue weighted by Gasteiger charge is -2.15. The number of nitrogens with zero attached hydrogens (tertiary/aromatic N) is 2. The maximum absolute atomic E-state index is 10.5. The average Bonchev–Trinajstić information content (AvgIpc) is 3.17. The van der Waals surface area contributed by atoms with E-state index < -0.39 is 6.10 Å². The number of guanidine groups is 1. The van der Waals surface area contributed by atoms with Crippen LogP contribution in [0.5, 0.6) is 5.88 Å². The van der Waals surface area contributed by atoms with Crippen LogP contribution in [0.3, 0.4) is 0 Å². The molecular weight excluding hydrogens is 499 g/mol. The molecule has 3 aromatic rings. The summed E-state index contributed by atoms with van der Waals surface area (Å²) in [6.07, 6.45) is 2.06. The van der Waals surface area contributed by atoms with Gasteiger partial charge in [0.25, 0.3) is 0 Å². The van der Waals surface area contributed by atoms with Gasteiger partial charge in [0, 0.05) is 41.5 Å². The van der Waals surface area contributed by atoms with E-state index in [0.29, 0.717) is 31.5 Å². The van der Waals surface area contributed by atoms with Crippen LogP contribution < -0.4 is 15.4 Å². The largest absolute Gasteiger partial charge is 0.477 e. The van der Waals surface area contributed by atoms with Crippen molar-refractivity contribution in [1.82, 2.24) is 15.6 Å². The Morgan fingerprint density at radius 3 is 2.83 bits per heavy atom. The number of aliphatic hydroxyl groups excluding tert-OH is 1. The first-order chi connectivity index (χ1) is 13.7. The molecule has 0 aliphatic heterocycles. The number of pyridine rings is 1. The number of aromatic nitrogens is 1. The summed E-state index contributed by atoms with van der Waals surface area (Å²) in [5.74, 6) is 1.25. The van der Waals surface area contributed by atoms with Crippen molar-refractivity contribution in [3.63, 3.8) is 0 Å². The van der Waals surface area contributed by atoms with Gasteiger partial charge in [0.05, 0.1) is 6.61 Å². The molecule has 1 atom stereocenters. The number of fused-ring (bicyclic) bond motifs is 1. The Hall–Kier alpha value is -1.91. The van der Waals surface area contributed by atoms with Gasteiger partial charge in [-0.15, -0.1) is 35.3 Å². The second kappa shape index (κ2) is 11.9. The highest BCUT2D eigenvalue weighted by molar-refractivity contribution is 14.0. The Kier molecular flexibility index (Phi) is 9.62. The van der Waals surface area contributed by atoms with Gasteiger partial charge in [-0.1, -0.05) is 31.2 Å². The van der Waals surface area contributed by atoms with Crippen LogP contribution in [-0.4, -0.2) is 36.2 Å². The first kappa shape index (κ1) is 23.4. The Balaban J connectivity index is 0.00000300. The predicted molar refractivity (Wildman–Crippen MR) is 130 cm³/mol. The number of halogens is 1. The third kappa shape index (κ3) is 6.55. The maximum Gasteiger partial charge on any atom is 0.218 e. The molecule has 1 aromatic carbocycles. The molecule has 3 N–H and O–H groups in total. The number of ether oxygens (including phenoxy) is 1. The molecule has 0 amide bonds. The summed E-state index contributed by atoms with van der Waals surface area (Å²) in [5.41, 5.74) is 0.962. The average molecular weight is 526 g/mol. The molecule has 1 unspecified atom stereocenters. The van der Waals surface area contributed by atoms with E-state index in [0.717, 1.165) is 22.2 Å². The number of aliphatic imine (C=N–C) groups is 1. The Morgan fingerprint density at radius 2 is 2.07 bits per heavy atom. The van der Waals surface area contributed by atoms with Crippen molar-refractivity contribution in [2.24, 2.45) is 4.99 Å². The first-order valence-electron chi connectivity index (χ1n) is 9.39. The highest BCUT2D eigenvalue weighted by atomic mass is 127. The second-order valence-corrected chi connectivity index (χ2v) is 7.44. The van der Waals surface area contributed by atoms with Crippen molar-refractivity contribution >= 4 is 51.4 Å². The van der Waals surface area contributed by atoms with Crippen molar-refractivity contribution in [2.45, 2.75) is 26.0 Å². The van der Waals surface area contributed by atoms with Gasteiger partial charge in [-0.05, 0) is 30.0 Å². The Labute approximate surface area is 192 Å². The summed E-state index contributed by atoms with van der Waals surface area (Å²) in [7, 11) is 1.71. The summed E-state index contributed by atoms with van der Waals surface area (Å²) in [5, 5.41) is 18.1. The highest BCUT2D eigenvalue weighted by Gasteiger charge is 2.12. The third-order valence-electron chi connectivity index (χ3n) is 4.20. The quantitative estimate of drug-likeness (QED) is 0.234. The van der Waals surface area contributed by atoms with Crippen LogP contribution in [0.2, 0.25) is 0 Å². The van der Waals surface area contributed by atoms with Crippen molar-refractivity contribution in [1.29, 1.82) is 0 Å². The van der Waals surface area contributed by atoms with E-state index in [2.05, 4.69) is 39.7 Å². The first-order valence-corrected chi connectivity index (χ1v) is 10.2. The summed E-state index contributed by atoms with van der Waals surface area (Å²) in [4.78, 5) is 9.46. The zero-order valence-electron chi connectivity index (χ0n) is 16.6. The number of rotatable bonds is 8. The molecule has 8 heteroatoms. The van der Waals surface area contributed by atoms with Crippen molar-refractivity contribution < 1.29 is 9.84 Å². The molecule has 0 saturated heterocycles. The van der Waals surface area contributed by atoms with Crippen LogP contribution in [0, 0.1) is 0 Å². The second-order valence-electron chi connectivity index (χ2n) is 6.33. The van der Waals surface area contributed by atoms with E-state index in [4.69, 9.17) is 4.74 Å². The fourth-order valence-corrected chi connectivity index (χ4v) is 3.80. The SMILES string of the molecule is CCCOc1ncccc1CNC(=NC)NCC(O)c1cc2ccccc2s1.I. The smallest absolute Gasteiger partial charge is 0.218 e. The van der Waals surface area contributed by atoms with E-state index in [1.807, 2.05) is 30.3 Å². The van der Waals surface area contributed by atoms with Crippen LogP contribution >= 0.6 is 35.3 Å². The molecule has 0 radical (unpaired) electrons. The monoisotopic (exact) mass is 526 g/mol. The molecular formula is C21H27IN4O2S. The number of nitrogens with one attached hydrogen (secondary N) is 2. The fourth-order valence-electron chi connectivity index (χ4n) is 2.75. The van der Waals surface area contributed by atoms with Crippen LogP contribution in [0.25, 0.3) is 10.1 Å². The molecule has 3 rings (SSSR count). The van der Waals surface area contributed by atoms with E-state index in [9.17, 15) is 5.11 Å². The van der Waals surface area contributed by atoms with Gasteiger partial charge in [0.2, 0.25) is 5.88 Å². The minimum atomic E-state index is -0.599. The van der Waals surface area contributed by atoms with Crippen LogP contribution in [-0.2, 0) is 6.54 Å². The number of aliphatic hydroxyl groups is 1. The van der Waals surface area contributed by atoms with Crippen LogP contribution in [0.1, 0.15) is 29.9 Å². The zero-order valence-corrected chi connectivity index (χ0v) is 19.7. The molecule has 0 fully saturated rings. The van der Waals surface area contributed by atoms with Gasteiger partial charge in [-0.2, -0.15) is 0 Å². The topological polar surface area (TPSA) is 78.8 Å². The van der Waals surface area contributed by atoms with Gasteiger partial charge < -0.3 is 20.5 Å². The number of thiophene rings is 1. The van der Waals surface area contributed by atoms with Crippen LogP contribution in [0.4, 0.5) is 0 Å². The van der Waals surface area contributed by atoms with E-state index in [1.165, 1.54) is 4.70 Å². The number of hydrogen-bond donors (Lipinski definition) is 3. The molecule has 6 nitrogen and oxygen atoms in total. The summed E-state index contributed by atoms with van der Waals surface area (Å²) < 4.78 is 6.86. The van der Waals surface area contributed by atoms with Gasteiger partial charge in [0.15, 0.2) is 5.96 Å². The fraction of sp³-hybridized carbons (Fsp3) is 0.333. The predicted octanol–water partition coefficient (Wildman–Crippen LogP) is 4.10.